The quantitative estimate of drug-likeness (QED) is 0.627. The van der Waals surface area contributed by atoms with Crippen LogP contribution in [0, 0.1) is 0 Å². The summed E-state index contributed by atoms with van der Waals surface area (Å²) in [5.74, 6) is -0.932. The van der Waals surface area contributed by atoms with E-state index in [1.54, 1.807) is 48.5 Å². The molecule has 0 aliphatic heterocycles. The molecule has 0 heterocycles. The fraction of sp³-hybridized carbons (Fsp3) is 0.0870. The van der Waals surface area contributed by atoms with Gasteiger partial charge in [-0.1, -0.05) is 36.4 Å². The molecule has 0 spiro atoms. The summed E-state index contributed by atoms with van der Waals surface area (Å²) >= 11 is 0. The number of benzene rings is 3. The minimum absolute atomic E-state index is 0.131. The number of nitrogens with one attached hydrogen (secondary N) is 2. The summed E-state index contributed by atoms with van der Waals surface area (Å²) in [5.41, 5.74) is 2.79. The summed E-state index contributed by atoms with van der Waals surface area (Å²) in [7, 11) is 1.30. The molecule has 2 N–H and O–H groups in total. The molecule has 0 aliphatic carbocycles. The highest BCUT2D eigenvalue weighted by molar-refractivity contribution is 6.05. The van der Waals surface area contributed by atoms with Gasteiger partial charge in [-0.2, -0.15) is 0 Å². The molecule has 6 heteroatoms. The Balaban J connectivity index is 1.60. The minimum Gasteiger partial charge on any atom is -0.465 e. The fourth-order valence-electron chi connectivity index (χ4n) is 2.74. The van der Waals surface area contributed by atoms with Crippen LogP contribution in [0.5, 0.6) is 0 Å². The highest BCUT2D eigenvalue weighted by atomic mass is 16.5. The Kier molecular flexibility index (Phi) is 6.37. The van der Waals surface area contributed by atoms with Gasteiger partial charge in [0, 0.05) is 16.9 Å². The zero-order valence-corrected chi connectivity index (χ0v) is 15.8. The van der Waals surface area contributed by atoms with Crippen LogP contribution in [0.2, 0.25) is 0 Å². The molecule has 2 amide bonds. The predicted octanol–water partition coefficient (Wildman–Crippen LogP) is 3.91. The van der Waals surface area contributed by atoms with Gasteiger partial charge in [0.1, 0.15) is 0 Å². The lowest BCUT2D eigenvalue weighted by molar-refractivity contribution is -0.115. The monoisotopic (exact) mass is 388 g/mol. The highest BCUT2D eigenvalue weighted by Gasteiger charge is 2.10. The van der Waals surface area contributed by atoms with Crippen molar-refractivity contribution in [3.05, 3.63) is 95.6 Å². The van der Waals surface area contributed by atoms with Crippen LogP contribution in [0.4, 0.5) is 11.4 Å². The summed E-state index contributed by atoms with van der Waals surface area (Å²) in [5, 5.41) is 5.55. The van der Waals surface area contributed by atoms with Crippen molar-refractivity contribution < 1.29 is 19.1 Å². The van der Waals surface area contributed by atoms with Gasteiger partial charge in [-0.3, -0.25) is 9.59 Å². The second-order valence-corrected chi connectivity index (χ2v) is 6.31. The molecule has 0 saturated heterocycles. The topological polar surface area (TPSA) is 84.5 Å². The molecule has 0 fully saturated rings. The Morgan fingerprint density at radius 3 is 2.17 bits per heavy atom. The molecule has 0 bridgehead atoms. The van der Waals surface area contributed by atoms with E-state index >= 15 is 0 Å². The van der Waals surface area contributed by atoms with Crippen LogP contribution in [0.25, 0.3) is 0 Å². The van der Waals surface area contributed by atoms with Gasteiger partial charge < -0.3 is 15.4 Å². The summed E-state index contributed by atoms with van der Waals surface area (Å²) in [6, 6.07) is 22.5. The molecule has 3 rings (SSSR count). The van der Waals surface area contributed by atoms with Gasteiger partial charge in [0.05, 0.1) is 19.1 Å². The first-order valence-corrected chi connectivity index (χ1v) is 8.99. The van der Waals surface area contributed by atoms with Crippen molar-refractivity contribution in [2.24, 2.45) is 0 Å². The van der Waals surface area contributed by atoms with Crippen molar-refractivity contribution in [3.8, 4) is 0 Å². The van der Waals surface area contributed by atoms with E-state index in [0.29, 0.717) is 22.5 Å². The molecule has 3 aromatic rings. The summed E-state index contributed by atoms with van der Waals surface area (Å²) < 4.78 is 4.68. The third-order valence-electron chi connectivity index (χ3n) is 4.18. The minimum atomic E-state index is -0.475. The van der Waals surface area contributed by atoms with Crippen LogP contribution in [0.1, 0.15) is 26.3 Å². The standard InChI is InChI=1S/C23H20N2O4/c1-29-23(28)18-8-5-9-20(15-18)25-22(27)17-10-12-19(13-11-17)24-21(26)14-16-6-3-2-4-7-16/h2-13,15H,14H2,1H3,(H,24,26)(H,25,27). The number of hydrogen-bond donors (Lipinski definition) is 2. The number of ether oxygens (including phenoxy) is 1. The number of carbonyl (C=O) groups excluding carboxylic acids is 3. The van der Waals surface area contributed by atoms with Gasteiger partial charge in [0.15, 0.2) is 0 Å². The van der Waals surface area contributed by atoms with E-state index in [4.69, 9.17) is 0 Å². The Bertz CT molecular complexity index is 1010. The summed E-state index contributed by atoms with van der Waals surface area (Å²) in [6.45, 7) is 0. The van der Waals surface area contributed by atoms with E-state index in [1.807, 2.05) is 30.3 Å². The second kappa shape index (κ2) is 9.32. The smallest absolute Gasteiger partial charge is 0.337 e. The van der Waals surface area contributed by atoms with Crippen molar-refractivity contribution in [2.75, 3.05) is 17.7 Å². The van der Waals surface area contributed by atoms with Gasteiger partial charge in [-0.05, 0) is 48.0 Å². The van der Waals surface area contributed by atoms with Gasteiger partial charge >= 0.3 is 5.97 Å². The van der Waals surface area contributed by atoms with Crippen molar-refractivity contribution in [1.29, 1.82) is 0 Å². The molecule has 0 aromatic heterocycles. The SMILES string of the molecule is COC(=O)c1cccc(NC(=O)c2ccc(NC(=O)Cc3ccccc3)cc2)c1. The van der Waals surface area contributed by atoms with Gasteiger partial charge in [-0.15, -0.1) is 0 Å². The molecule has 0 radical (unpaired) electrons. The highest BCUT2D eigenvalue weighted by Crippen LogP contribution is 2.15. The third-order valence-corrected chi connectivity index (χ3v) is 4.18. The van der Waals surface area contributed by atoms with E-state index in [-0.39, 0.29) is 18.2 Å². The lowest BCUT2D eigenvalue weighted by atomic mass is 10.1. The van der Waals surface area contributed by atoms with Crippen LogP contribution in [0.15, 0.2) is 78.9 Å². The third kappa shape index (κ3) is 5.52. The first-order valence-electron chi connectivity index (χ1n) is 8.99. The predicted molar refractivity (Wildman–Crippen MR) is 111 cm³/mol. The first-order chi connectivity index (χ1) is 14.0. The molecule has 29 heavy (non-hydrogen) atoms. The molecular weight excluding hydrogens is 368 g/mol. The Labute approximate surface area is 168 Å². The summed E-state index contributed by atoms with van der Waals surface area (Å²) in [4.78, 5) is 36.1. The van der Waals surface area contributed by atoms with Crippen molar-refractivity contribution >= 4 is 29.2 Å². The normalized spacial score (nSPS) is 10.1. The first kappa shape index (κ1) is 19.8. The second-order valence-electron chi connectivity index (χ2n) is 6.31. The number of hydrogen-bond acceptors (Lipinski definition) is 4. The van der Waals surface area contributed by atoms with E-state index in [9.17, 15) is 14.4 Å². The summed E-state index contributed by atoms with van der Waals surface area (Å²) in [6.07, 6.45) is 0.277. The Morgan fingerprint density at radius 1 is 0.759 bits per heavy atom. The van der Waals surface area contributed by atoms with Crippen LogP contribution in [0.3, 0.4) is 0 Å². The van der Waals surface area contributed by atoms with Crippen LogP contribution in [-0.4, -0.2) is 24.9 Å². The number of amides is 2. The number of rotatable bonds is 6. The van der Waals surface area contributed by atoms with Crippen molar-refractivity contribution in [1.82, 2.24) is 0 Å². The number of methoxy groups -OCH3 is 1. The van der Waals surface area contributed by atoms with E-state index in [2.05, 4.69) is 15.4 Å². The van der Waals surface area contributed by atoms with Crippen LogP contribution >= 0.6 is 0 Å². The fourth-order valence-corrected chi connectivity index (χ4v) is 2.74. The van der Waals surface area contributed by atoms with E-state index < -0.39 is 5.97 Å². The molecule has 146 valence electrons. The molecule has 6 nitrogen and oxygen atoms in total. The number of carbonyl (C=O) groups is 3. The zero-order chi connectivity index (χ0) is 20.6. The van der Waals surface area contributed by atoms with Gasteiger partial charge in [-0.25, -0.2) is 4.79 Å². The van der Waals surface area contributed by atoms with Crippen LogP contribution < -0.4 is 10.6 Å². The maximum Gasteiger partial charge on any atom is 0.337 e. The average Bonchev–Trinajstić information content (AvgIpc) is 2.74. The van der Waals surface area contributed by atoms with Gasteiger partial charge in [0.25, 0.3) is 5.91 Å². The van der Waals surface area contributed by atoms with Crippen molar-refractivity contribution in [2.45, 2.75) is 6.42 Å². The van der Waals surface area contributed by atoms with Crippen molar-refractivity contribution in [3.63, 3.8) is 0 Å². The molecule has 0 atom stereocenters. The Hall–Kier alpha value is -3.93. The maximum absolute atomic E-state index is 12.4. The zero-order valence-electron chi connectivity index (χ0n) is 15.8. The lowest BCUT2D eigenvalue weighted by Crippen LogP contribution is -2.15. The molecule has 3 aromatic carbocycles. The maximum atomic E-state index is 12.4. The Morgan fingerprint density at radius 2 is 1.48 bits per heavy atom. The average molecular weight is 388 g/mol. The molecular formula is C23H20N2O4. The number of esters is 1. The van der Waals surface area contributed by atoms with E-state index in [1.165, 1.54) is 7.11 Å². The van der Waals surface area contributed by atoms with Crippen LogP contribution in [-0.2, 0) is 16.0 Å². The van der Waals surface area contributed by atoms with Gasteiger partial charge in [0.2, 0.25) is 5.91 Å². The molecule has 0 unspecified atom stereocenters. The molecule has 0 aliphatic rings. The molecule has 0 saturated carbocycles. The largest absolute Gasteiger partial charge is 0.465 e. The van der Waals surface area contributed by atoms with E-state index in [0.717, 1.165) is 5.56 Å². The lowest BCUT2D eigenvalue weighted by Gasteiger charge is -2.09. The number of anilines is 2.